The van der Waals surface area contributed by atoms with E-state index in [4.69, 9.17) is 9.47 Å². The Hall–Kier alpha value is -2.51. The predicted octanol–water partition coefficient (Wildman–Crippen LogP) is -0.313. The van der Waals surface area contributed by atoms with Crippen LogP contribution in [-0.4, -0.2) is 58.5 Å². The van der Waals surface area contributed by atoms with Gasteiger partial charge >= 0.3 is 0 Å². The van der Waals surface area contributed by atoms with Crippen LogP contribution in [0.4, 0.5) is 5.69 Å². The molecule has 3 heterocycles. The lowest BCUT2D eigenvalue weighted by molar-refractivity contribution is -1.01. The number of fused-ring (bicyclic) bond motifs is 2. The van der Waals surface area contributed by atoms with Crippen LogP contribution in [-0.2, 0) is 20.1 Å². The molecule has 0 unspecified atom stereocenters. The van der Waals surface area contributed by atoms with Crippen LogP contribution in [0, 0.1) is 0 Å². The van der Waals surface area contributed by atoms with E-state index in [2.05, 4.69) is 36.4 Å². The zero-order chi connectivity index (χ0) is 20.4. The second-order valence-electron chi connectivity index (χ2n) is 8.24. The number of hydrogen-bond donors (Lipinski definition) is 2. The molecule has 0 aromatic heterocycles. The lowest BCUT2D eigenvalue weighted by Crippen LogP contribution is -3.28. The number of rotatable bonds is 5. The van der Waals surface area contributed by atoms with Gasteiger partial charge in [-0.25, -0.2) is 0 Å². The van der Waals surface area contributed by atoms with E-state index >= 15 is 0 Å². The monoisotopic (exact) mass is 407 g/mol. The molecule has 30 heavy (non-hydrogen) atoms. The molecule has 2 N–H and O–H groups in total. The minimum Gasteiger partial charge on any atom is -0.336 e. The largest absolute Gasteiger partial charge is 0.336 e. The molecule has 0 bridgehead atoms. The highest BCUT2D eigenvalue weighted by Crippen LogP contribution is 2.44. The van der Waals surface area contributed by atoms with Gasteiger partial charge in [-0.15, -0.1) is 0 Å². The lowest BCUT2D eigenvalue weighted by atomic mass is 10.1. The Labute approximate surface area is 177 Å². The zero-order valence-electron chi connectivity index (χ0n) is 17.2. The van der Waals surface area contributed by atoms with Gasteiger partial charge in [-0.3, -0.25) is 9.69 Å². The summed E-state index contributed by atoms with van der Waals surface area (Å²) in [6, 6.07) is 18.3. The summed E-state index contributed by atoms with van der Waals surface area (Å²) in [6.07, 6.45) is 4.47. The average Bonchev–Trinajstić information content (AvgIpc) is 3.37. The van der Waals surface area contributed by atoms with Crippen LogP contribution in [0.1, 0.15) is 11.1 Å². The number of nitrogens with one attached hydrogen (secondary N) is 2. The van der Waals surface area contributed by atoms with Crippen molar-refractivity contribution in [3.63, 3.8) is 0 Å². The van der Waals surface area contributed by atoms with E-state index in [1.54, 1.807) is 4.90 Å². The first-order valence-corrected chi connectivity index (χ1v) is 10.8. The molecule has 3 aliphatic rings. The van der Waals surface area contributed by atoms with Crippen molar-refractivity contribution in [2.45, 2.75) is 5.79 Å². The number of carbonyl (C=O) groups is 1. The van der Waals surface area contributed by atoms with E-state index in [9.17, 15) is 4.79 Å². The van der Waals surface area contributed by atoms with Gasteiger partial charge in [0.1, 0.15) is 26.2 Å². The highest BCUT2D eigenvalue weighted by Gasteiger charge is 2.56. The molecule has 0 atom stereocenters. The number of carbonyl (C=O) groups excluding carboxylic acids is 1. The molecule has 3 aliphatic heterocycles. The van der Waals surface area contributed by atoms with Gasteiger partial charge in [-0.2, -0.15) is 0 Å². The van der Waals surface area contributed by atoms with Crippen LogP contribution in [0.25, 0.3) is 6.08 Å². The van der Waals surface area contributed by atoms with Crippen molar-refractivity contribution in [2.24, 2.45) is 0 Å². The Morgan fingerprint density at radius 2 is 1.57 bits per heavy atom. The summed E-state index contributed by atoms with van der Waals surface area (Å²) in [7, 11) is 0. The first-order valence-electron chi connectivity index (χ1n) is 10.8. The molecular weight excluding hydrogens is 378 g/mol. The summed E-state index contributed by atoms with van der Waals surface area (Å²) >= 11 is 0. The number of piperazine rings is 1. The van der Waals surface area contributed by atoms with Gasteiger partial charge in [0.2, 0.25) is 0 Å². The minimum absolute atomic E-state index is 0.0747. The van der Waals surface area contributed by atoms with E-state index in [0.29, 0.717) is 19.9 Å². The molecule has 1 amide bonds. The van der Waals surface area contributed by atoms with Gasteiger partial charge in [0.05, 0.1) is 25.4 Å². The molecule has 1 spiro atoms. The number of hydrogen-bond acceptors (Lipinski definition) is 3. The Kier molecular flexibility index (Phi) is 5.39. The Bertz CT molecular complexity index is 916. The van der Waals surface area contributed by atoms with Crippen molar-refractivity contribution in [2.75, 3.05) is 57.5 Å². The van der Waals surface area contributed by atoms with Gasteiger partial charge < -0.3 is 19.3 Å². The summed E-state index contributed by atoms with van der Waals surface area (Å²) in [5.74, 6) is -1.29. The normalized spacial score (nSPS) is 25.3. The quantitative estimate of drug-likeness (QED) is 0.715. The molecule has 2 aromatic rings. The fourth-order valence-corrected chi connectivity index (χ4v) is 4.71. The maximum atomic E-state index is 13.2. The molecule has 0 saturated carbocycles. The molecule has 156 valence electrons. The van der Waals surface area contributed by atoms with Crippen LogP contribution in [0.3, 0.4) is 0 Å². The second kappa shape index (κ2) is 8.32. The third-order valence-electron chi connectivity index (χ3n) is 6.33. The number of anilines is 1. The fourth-order valence-electron chi connectivity index (χ4n) is 4.71. The molecule has 0 aliphatic carbocycles. The number of nitrogens with zero attached hydrogens (tertiary/aromatic N) is 1. The topological polar surface area (TPSA) is 47.7 Å². The van der Waals surface area contributed by atoms with Gasteiger partial charge in [-0.1, -0.05) is 54.6 Å². The number of benzene rings is 2. The van der Waals surface area contributed by atoms with Crippen LogP contribution in [0.15, 0.2) is 60.7 Å². The third-order valence-corrected chi connectivity index (χ3v) is 6.33. The predicted molar refractivity (Wildman–Crippen MR) is 114 cm³/mol. The summed E-state index contributed by atoms with van der Waals surface area (Å²) in [6.45, 7) is 6.94. The van der Waals surface area contributed by atoms with Gasteiger partial charge in [0.15, 0.2) is 6.67 Å². The van der Waals surface area contributed by atoms with Crippen molar-refractivity contribution < 1.29 is 24.1 Å². The summed E-state index contributed by atoms with van der Waals surface area (Å²) in [4.78, 5) is 18.1. The Balaban J connectivity index is 1.19. The Morgan fingerprint density at radius 3 is 2.33 bits per heavy atom. The molecule has 6 nitrogen and oxygen atoms in total. The summed E-state index contributed by atoms with van der Waals surface area (Å²) in [5.41, 5.74) is 3.03. The van der Waals surface area contributed by atoms with Gasteiger partial charge in [-0.05, 0) is 17.7 Å². The number of quaternary nitrogens is 2. The zero-order valence-corrected chi connectivity index (χ0v) is 17.2. The SMILES string of the molecule is O=C1N(C[NH+]2CC[NH+](C/C=C/c3ccccc3)CC2)c2ccccc2C12OCCO2. The van der Waals surface area contributed by atoms with Crippen LogP contribution >= 0.6 is 0 Å². The smallest absolute Gasteiger partial charge is 0.296 e. The second-order valence-corrected chi connectivity index (χ2v) is 8.24. The van der Waals surface area contributed by atoms with Crippen molar-refractivity contribution in [1.29, 1.82) is 0 Å². The highest BCUT2D eigenvalue weighted by molar-refractivity contribution is 6.06. The summed E-state index contributed by atoms with van der Waals surface area (Å²) < 4.78 is 11.6. The Morgan fingerprint density at radius 1 is 0.900 bits per heavy atom. The summed E-state index contributed by atoms with van der Waals surface area (Å²) in [5, 5.41) is 0. The molecular formula is C24H29N3O3+2. The first kappa shape index (κ1) is 19.5. The maximum Gasteiger partial charge on any atom is 0.296 e. The lowest BCUT2D eigenvalue weighted by Gasteiger charge is -2.32. The maximum absolute atomic E-state index is 13.2. The standard InChI is InChI=1S/C24H27N3O3/c28-23-24(29-17-18-30-24)21-10-4-5-11-22(21)27(23)19-26-15-13-25(14-16-26)12-6-9-20-7-2-1-3-8-20/h1-11H,12-19H2/p+2/b9-6+. The van der Waals surface area contributed by atoms with Crippen molar-refractivity contribution in [1.82, 2.24) is 0 Å². The van der Waals surface area contributed by atoms with E-state index in [0.717, 1.165) is 44.0 Å². The number of ether oxygens (including phenoxy) is 2. The minimum atomic E-state index is -1.22. The number of para-hydroxylation sites is 1. The molecule has 2 fully saturated rings. The fraction of sp³-hybridized carbons (Fsp3) is 0.375. The van der Waals surface area contributed by atoms with Gasteiger partial charge in [0.25, 0.3) is 11.7 Å². The first-order chi connectivity index (χ1) is 14.8. The molecule has 2 aromatic carbocycles. The van der Waals surface area contributed by atoms with Crippen molar-refractivity contribution in [3.8, 4) is 0 Å². The average molecular weight is 408 g/mol. The highest BCUT2D eigenvalue weighted by atomic mass is 16.7. The van der Waals surface area contributed by atoms with Crippen LogP contribution < -0.4 is 14.7 Å². The molecule has 2 saturated heterocycles. The molecule has 0 radical (unpaired) electrons. The van der Waals surface area contributed by atoms with E-state index < -0.39 is 5.79 Å². The number of amides is 1. The molecule has 6 heteroatoms. The van der Waals surface area contributed by atoms with Crippen molar-refractivity contribution in [3.05, 3.63) is 71.8 Å². The molecule has 5 rings (SSSR count). The van der Waals surface area contributed by atoms with E-state index in [1.807, 2.05) is 35.2 Å². The van der Waals surface area contributed by atoms with Gasteiger partial charge in [0, 0.05) is 5.56 Å². The van der Waals surface area contributed by atoms with Crippen LogP contribution in [0.5, 0.6) is 0 Å². The van der Waals surface area contributed by atoms with Crippen LogP contribution in [0.2, 0.25) is 0 Å². The third kappa shape index (κ3) is 3.56. The van der Waals surface area contributed by atoms with Crippen molar-refractivity contribution >= 4 is 17.7 Å². The van der Waals surface area contributed by atoms with E-state index in [1.165, 1.54) is 10.5 Å². The van der Waals surface area contributed by atoms with E-state index in [-0.39, 0.29) is 5.91 Å².